The highest BCUT2D eigenvalue weighted by Gasteiger charge is 2.24. The van der Waals surface area contributed by atoms with Crippen molar-refractivity contribution in [3.8, 4) is 5.75 Å². The van der Waals surface area contributed by atoms with Crippen molar-refractivity contribution in [3.05, 3.63) is 82.3 Å². The highest BCUT2D eigenvalue weighted by Crippen LogP contribution is 2.31. The van der Waals surface area contributed by atoms with E-state index in [-0.39, 0.29) is 11.8 Å². The Hall–Kier alpha value is -3.56. The van der Waals surface area contributed by atoms with Crippen LogP contribution in [0.1, 0.15) is 34.6 Å². The van der Waals surface area contributed by atoms with E-state index in [4.69, 9.17) is 4.74 Å². The van der Waals surface area contributed by atoms with Crippen molar-refractivity contribution in [2.45, 2.75) is 13.8 Å². The molecule has 40 heavy (non-hydrogen) atoms. The lowest BCUT2D eigenvalue weighted by Gasteiger charge is -2.38. The average Bonchev–Trinajstić information content (AvgIpc) is 2.99. The number of rotatable bonds is 11. The molecular weight excluding hydrogens is 570 g/mol. The molecule has 0 radical (unpaired) electrons. The lowest BCUT2D eigenvalue weighted by molar-refractivity contribution is 0.0948. The van der Waals surface area contributed by atoms with Crippen molar-refractivity contribution in [1.29, 1.82) is 0 Å². The predicted octanol–water partition coefficient (Wildman–Crippen LogP) is 5.11. The van der Waals surface area contributed by atoms with Crippen molar-refractivity contribution in [2.75, 3.05) is 74.6 Å². The number of ether oxygens (including phenoxy) is 1. The number of likely N-dealkylation sites (N-methyl/N-ethyl adjacent to an activating group) is 1. The lowest BCUT2D eigenvalue weighted by Crippen LogP contribution is -2.47. The van der Waals surface area contributed by atoms with E-state index in [1.54, 1.807) is 25.3 Å². The number of benzene rings is 3. The van der Waals surface area contributed by atoms with Gasteiger partial charge in [0, 0.05) is 60.7 Å². The van der Waals surface area contributed by atoms with E-state index < -0.39 is 0 Å². The summed E-state index contributed by atoms with van der Waals surface area (Å²) in [7, 11) is 1.69. The monoisotopic (exact) mass is 607 g/mol. The molecule has 2 amide bonds. The van der Waals surface area contributed by atoms with Gasteiger partial charge in [0.05, 0.1) is 18.4 Å². The minimum Gasteiger partial charge on any atom is -0.495 e. The molecule has 0 saturated carbocycles. The molecule has 0 spiro atoms. The zero-order valence-corrected chi connectivity index (χ0v) is 25.0. The largest absolute Gasteiger partial charge is 0.495 e. The van der Waals surface area contributed by atoms with Crippen LogP contribution in [-0.2, 0) is 0 Å². The molecule has 1 saturated heterocycles. The fourth-order valence-electron chi connectivity index (χ4n) is 4.92. The van der Waals surface area contributed by atoms with Crippen molar-refractivity contribution in [2.24, 2.45) is 0 Å². The highest BCUT2D eigenvalue weighted by atomic mass is 79.9. The number of carbonyl (C=O) groups is 2. The molecule has 0 bridgehead atoms. The van der Waals surface area contributed by atoms with Gasteiger partial charge in [-0.1, -0.05) is 41.9 Å². The van der Waals surface area contributed by atoms with Crippen molar-refractivity contribution in [1.82, 2.24) is 10.2 Å². The number of piperazine rings is 1. The summed E-state index contributed by atoms with van der Waals surface area (Å²) < 4.78 is 6.47. The number of methoxy groups -OCH3 is 1. The van der Waals surface area contributed by atoms with E-state index >= 15 is 0 Å². The second-order valence-electron chi connectivity index (χ2n) is 9.62. The van der Waals surface area contributed by atoms with Gasteiger partial charge in [0.25, 0.3) is 11.8 Å². The van der Waals surface area contributed by atoms with Gasteiger partial charge in [-0.25, -0.2) is 0 Å². The van der Waals surface area contributed by atoms with Crippen LogP contribution in [0.5, 0.6) is 5.75 Å². The molecule has 212 valence electrons. The molecule has 0 unspecified atom stereocenters. The number of nitrogens with zero attached hydrogens (tertiary/aromatic N) is 3. The molecular formula is C31H38BrN5O3. The van der Waals surface area contributed by atoms with Crippen LogP contribution in [0.4, 0.5) is 17.1 Å². The molecule has 2 N–H and O–H groups in total. The maximum Gasteiger partial charge on any atom is 0.255 e. The number of amides is 2. The lowest BCUT2D eigenvalue weighted by atomic mass is 10.1. The second kappa shape index (κ2) is 14.2. The van der Waals surface area contributed by atoms with Crippen LogP contribution in [-0.4, -0.2) is 76.2 Å². The molecule has 0 aliphatic carbocycles. The highest BCUT2D eigenvalue weighted by molar-refractivity contribution is 9.10. The smallest absolute Gasteiger partial charge is 0.255 e. The van der Waals surface area contributed by atoms with Gasteiger partial charge in [-0.05, 0) is 67.7 Å². The SMILES string of the molecule is CCN(CC)CCNC(=O)c1cc(NC(=O)c2ccc(Br)cc2)ccc1N1CCN(c2ccccc2OC)CC1. The molecule has 0 aromatic heterocycles. The molecule has 3 aromatic carbocycles. The molecule has 4 rings (SSSR count). The number of anilines is 3. The third-order valence-electron chi connectivity index (χ3n) is 7.26. The van der Waals surface area contributed by atoms with Gasteiger partial charge in [-0.2, -0.15) is 0 Å². The maximum absolute atomic E-state index is 13.5. The number of para-hydroxylation sites is 2. The first-order valence-corrected chi connectivity index (χ1v) is 14.6. The molecule has 1 aliphatic heterocycles. The normalized spacial score (nSPS) is 13.3. The topological polar surface area (TPSA) is 77.2 Å². The van der Waals surface area contributed by atoms with Gasteiger partial charge in [0.15, 0.2) is 0 Å². The van der Waals surface area contributed by atoms with Crippen LogP contribution >= 0.6 is 15.9 Å². The average molecular weight is 609 g/mol. The Balaban J connectivity index is 1.52. The van der Waals surface area contributed by atoms with E-state index in [0.717, 1.165) is 67.4 Å². The summed E-state index contributed by atoms with van der Waals surface area (Å²) in [5.41, 5.74) is 3.62. The van der Waals surface area contributed by atoms with Crippen molar-refractivity contribution < 1.29 is 14.3 Å². The third kappa shape index (κ3) is 7.34. The van der Waals surface area contributed by atoms with Crippen LogP contribution in [0.15, 0.2) is 71.2 Å². The summed E-state index contributed by atoms with van der Waals surface area (Å²) in [5.74, 6) is 0.489. The van der Waals surface area contributed by atoms with Gasteiger partial charge >= 0.3 is 0 Å². The number of hydrogen-bond donors (Lipinski definition) is 2. The Bertz CT molecular complexity index is 1290. The first-order chi connectivity index (χ1) is 19.4. The fourth-order valence-corrected chi connectivity index (χ4v) is 5.18. The first kappa shape index (κ1) is 29.4. The number of hydrogen-bond acceptors (Lipinski definition) is 6. The Labute approximate surface area is 245 Å². The molecule has 1 aliphatic rings. The summed E-state index contributed by atoms with van der Waals surface area (Å²) in [5, 5.41) is 6.05. The minimum atomic E-state index is -0.224. The van der Waals surface area contributed by atoms with E-state index in [1.165, 1.54) is 0 Å². The van der Waals surface area contributed by atoms with E-state index in [0.29, 0.717) is 23.4 Å². The Morgan fingerprint density at radius 2 is 1.52 bits per heavy atom. The molecule has 1 heterocycles. The molecule has 9 heteroatoms. The van der Waals surface area contributed by atoms with Crippen LogP contribution in [0.2, 0.25) is 0 Å². The Morgan fingerprint density at radius 1 is 0.875 bits per heavy atom. The van der Waals surface area contributed by atoms with Gasteiger partial charge in [0.2, 0.25) is 0 Å². The van der Waals surface area contributed by atoms with Gasteiger partial charge in [-0.15, -0.1) is 0 Å². The molecule has 3 aromatic rings. The maximum atomic E-state index is 13.5. The Kier molecular flexibility index (Phi) is 10.4. The summed E-state index contributed by atoms with van der Waals surface area (Å²) in [6.45, 7) is 10.5. The minimum absolute atomic E-state index is 0.144. The van der Waals surface area contributed by atoms with Crippen LogP contribution in [0.3, 0.4) is 0 Å². The number of carbonyl (C=O) groups excluding carboxylic acids is 2. The summed E-state index contributed by atoms with van der Waals surface area (Å²) in [6, 6.07) is 20.8. The van der Waals surface area contributed by atoms with Crippen LogP contribution < -0.4 is 25.2 Å². The van der Waals surface area contributed by atoms with Crippen molar-refractivity contribution >= 4 is 44.8 Å². The summed E-state index contributed by atoms with van der Waals surface area (Å²) in [6.07, 6.45) is 0. The third-order valence-corrected chi connectivity index (χ3v) is 7.79. The van der Waals surface area contributed by atoms with Gasteiger partial charge in [-0.3, -0.25) is 9.59 Å². The fraction of sp³-hybridized carbons (Fsp3) is 0.355. The van der Waals surface area contributed by atoms with E-state index in [1.807, 2.05) is 42.5 Å². The van der Waals surface area contributed by atoms with E-state index in [2.05, 4.69) is 61.2 Å². The summed E-state index contributed by atoms with van der Waals surface area (Å²) in [4.78, 5) is 33.2. The summed E-state index contributed by atoms with van der Waals surface area (Å²) >= 11 is 3.40. The zero-order valence-electron chi connectivity index (χ0n) is 23.5. The van der Waals surface area contributed by atoms with Gasteiger partial charge < -0.3 is 30.1 Å². The van der Waals surface area contributed by atoms with Crippen LogP contribution in [0.25, 0.3) is 0 Å². The Morgan fingerprint density at radius 3 is 2.17 bits per heavy atom. The molecule has 8 nitrogen and oxygen atoms in total. The standard InChI is InChI=1S/C31H38BrN5O3/c1-4-35(5-2)17-16-33-31(39)26-22-25(34-30(38)23-10-12-24(32)13-11-23)14-15-27(26)36-18-20-37(21-19-36)28-8-6-7-9-29(28)40-3/h6-15,22H,4-5,16-21H2,1-3H3,(H,33,39)(H,34,38). The van der Waals surface area contributed by atoms with Crippen molar-refractivity contribution in [3.63, 3.8) is 0 Å². The van der Waals surface area contributed by atoms with E-state index in [9.17, 15) is 9.59 Å². The molecule has 0 atom stereocenters. The second-order valence-corrected chi connectivity index (χ2v) is 10.5. The predicted molar refractivity (Wildman–Crippen MR) is 166 cm³/mol. The molecule has 1 fully saturated rings. The number of nitrogens with one attached hydrogen (secondary N) is 2. The zero-order chi connectivity index (χ0) is 28.5. The first-order valence-electron chi connectivity index (χ1n) is 13.8. The quantitative estimate of drug-likeness (QED) is 0.315. The number of halogens is 1. The van der Waals surface area contributed by atoms with Crippen LogP contribution in [0, 0.1) is 0 Å². The van der Waals surface area contributed by atoms with Gasteiger partial charge in [0.1, 0.15) is 5.75 Å².